The van der Waals surface area contributed by atoms with Gasteiger partial charge in [0.15, 0.2) is 5.82 Å². The highest BCUT2D eigenvalue weighted by Crippen LogP contribution is 2.34. The maximum Gasteiger partial charge on any atom is 0.252 e. The van der Waals surface area contributed by atoms with E-state index in [4.69, 9.17) is 4.42 Å². The molecule has 1 N–H and O–H groups in total. The molecule has 0 saturated heterocycles. The van der Waals surface area contributed by atoms with Crippen LogP contribution in [0.1, 0.15) is 80.2 Å². The summed E-state index contributed by atoms with van der Waals surface area (Å²) < 4.78 is 7.75. The SMILES string of the molecule is CCC[C@H](c1nnnn1C1CCCC1)N(Cc1ccco1)Cc1cc2cc(C)ccc2[nH]c1=O. The van der Waals surface area contributed by atoms with Gasteiger partial charge >= 0.3 is 0 Å². The van der Waals surface area contributed by atoms with E-state index >= 15 is 0 Å². The van der Waals surface area contributed by atoms with Crippen molar-refractivity contribution in [2.24, 2.45) is 0 Å². The lowest BCUT2D eigenvalue weighted by atomic mass is 10.1. The van der Waals surface area contributed by atoms with Gasteiger partial charge in [0.05, 0.1) is 24.9 Å². The quantitative estimate of drug-likeness (QED) is 0.375. The number of hydrogen-bond donors (Lipinski definition) is 1. The van der Waals surface area contributed by atoms with Crippen LogP contribution in [0.15, 0.2) is 51.9 Å². The van der Waals surface area contributed by atoms with Gasteiger partial charge in [-0.05, 0) is 72.3 Å². The third kappa shape index (κ3) is 4.68. The van der Waals surface area contributed by atoms with E-state index in [2.05, 4.69) is 45.3 Å². The minimum absolute atomic E-state index is 0.0293. The molecule has 0 radical (unpaired) electrons. The molecule has 0 bridgehead atoms. The first kappa shape index (κ1) is 22.5. The second kappa shape index (κ2) is 9.93. The van der Waals surface area contributed by atoms with Crippen LogP contribution in [-0.4, -0.2) is 30.1 Å². The van der Waals surface area contributed by atoms with E-state index in [-0.39, 0.29) is 11.6 Å². The predicted molar refractivity (Wildman–Crippen MR) is 130 cm³/mol. The number of aromatic nitrogens is 5. The Labute approximate surface area is 199 Å². The maximum absolute atomic E-state index is 13.0. The molecule has 3 aromatic heterocycles. The molecule has 1 saturated carbocycles. The molecule has 3 heterocycles. The Morgan fingerprint density at radius 1 is 1.21 bits per heavy atom. The second-order valence-corrected chi connectivity index (χ2v) is 9.42. The highest BCUT2D eigenvalue weighted by molar-refractivity contribution is 5.79. The van der Waals surface area contributed by atoms with Crippen molar-refractivity contribution < 1.29 is 4.42 Å². The number of aryl methyl sites for hydroxylation is 1. The summed E-state index contributed by atoms with van der Waals surface area (Å²) in [5.74, 6) is 1.74. The molecule has 8 heteroatoms. The summed E-state index contributed by atoms with van der Waals surface area (Å²) in [7, 11) is 0. The summed E-state index contributed by atoms with van der Waals surface area (Å²) in [6.45, 7) is 5.28. The van der Waals surface area contributed by atoms with Gasteiger partial charge in [-0.3, -0.25) is 9.69 Å². The van der Waals surface area contributed by atoms with E-state index in [1.165, 1.54) is 12.8 Å². The molecule has 1 atom stereocenters. The molecule has 0 aliphatic heterocycles. The highest BCUT2D eigenvalue weighted by Gasteiger charge is 2.30. The van der Waals surface area contributed by atoms with Crippen LogP contribution in [0.5, 0.6) is 0 Å². The lowest BCUT2D eigenvalue weighted by Gasteiger charge is -2.31. The Balaban J connectivity index is 1.54. The van der Waals surface area contributed by atoms with E-state index in [0.717, 1.165) is 59.3 Å². The first-order valence-electron chi connectivity index (χ1n) is 12.3. The lowest BCUT2D eigenvalue weighted by Crippen LogP contribution is -2.33. The molecular formula is C26H32N6O2. The molecular weight excluding hydrogens is 428 g/mol. The Hall–Kier alpha value is -3.26. The van der Waals surface area contributed by atoms with E-state index < -0.39 is 0 Å². The Kier molecular flexibility index (Phi) is 6.58. The van der Waals surface area contributed by atoms with Gasteiger partial charge in [0.1, 0.15) is 5.76 Å². The Morgan fingerprint density at radius 3 is 2.82 bits per heavy atom. The molecule has 1 fully saturated rings. The summed E-state index contributed by atoms with van der Waals surface area (Å²) in [5.41, 5.74) is 2.68. The van der Waals surface area contributed by atoms with Crippen molar-refractivity contribution in [1.82, 2.24) is 30.1 Å². The Morgan fingerprint density at radius 2 is 2.06 bits per heavy atom. The number of H-pyrrole nitrogens is 1. The van der Waals surface area contributed by atoms with Crippen molar-refractivity contribution in [3.8, 4) is 0 Å². The van der Waals surface area contributed by atoms with Crippen LogP contribution in [0.4, 0.5) is 0 Å². The number of nitrogens with zero attached hydrogens (tertiary/aromatic N) is 5. The molecule has 4 aromatic rings. The van der Waals surface area contributed by atoms with Gasteiger partial charge in [0.25, 0.3) is 5.56 Å². The largest absolute Gasteiger partial charge is 0.468 e. The van der Waals surface area contributed by atoms with Crippen molar-refractivity contribution in [1.29, 1.82) is 0 Å². The van der Waals surface area contributed by atoms with E-state index in [0.29, 0.717) is 19.1 Å². The molecule has 0 unspecified atom stereocenters. The summed E-state index contributed by atoms with van der Waals surface area (Å²) in [5, 5.41) is 14.0. The van der Waals surface area contributed by atoms with E-state index in [1.807, 2.05) is 35.0 Å². The van der Waals surface area contributed by atoms with E-state index in [9.17, 15) is 4.79 Å². The van der Waals surface area contributed by atoms with Crippen LogP contribution in [0, 0.1) is 6.92 Å². The minimum Gasteiger partial charge on any atom is -0.468 e. The monoisotopic (exact) mass is 460 g/mol. The number of pyridine rings is 1. The van der Waals surface area contributed by atoms with Gasteiger partial charge in [-0.2, -0.15) is 0 Å². The number of rotatable bonds is 9. The van der Waals surface area contributed by atoms with Crippen LogP contribution >= 0.6 is 0 Å². The summed E-state index contributed by atoms with van der Waals surface area (Å²) in [6.07, 6.45) is 8.20. The standard InChI is InChI=1S/C26H32N6O2/c1-3-7-24(25-28-29-30-32(25)21-8-4-5-9-21)31(17-22-10-6-13-34-22)16-20-15-19-14-18(2)11-12-23(19)27-26(20)33/h6,10-15,21,24H,3-5,7-9,16-17H2,1-2H3,(H,27,33)/t24-/m1/s1. The number of hydrogen-bond acceptors (Lipinski definition) is 6. The zero-order valence-corrected chi connectivity index (χ0v) is 19.9. The third-order valence-electron chi connectivity index (χ3n) is 6.88. The topological polar surface area (TPSA) is 92.8 Å². The molecule has 0 amide bonds. The smallest absolute Gasteiger partial charge is 0.252 e. The van der Waals surface area contributed by atoms with Crippen LogP contribution < -0.4 is 5.56 Å². The van der Waals surface area contributed by atoms with Crippen molar-refractivity contribution in [2.45, 2.75) is 77.5 Å². The summed E-state index contributed by atoms with van der Waals surface area (Å²) >= 11 is 0. The fourth-order valence-corrected chi connectivity index (χ4v) is 5.16. The van der Waals surface area contributed by atoms with Crippen LogP contribution in [0.3, 0.4) is 0 Å². The van der Waals surface area contributed by atoms with Gasteiger partial charge in [-0.25, -0.2) is 4.68 Å². The van der Waals surface area contributed by atoms with Crippen LogP contribution in [0.25, 0.3) is 10.9 Å². The third-order valence-corrected chi connectivity index (χ3v) is 6.88. The zero-order valence-electron chi connectivity index (χ0n) is 19.9. The second-order valence-electron chi connectivity index (χ2n) is 9.42. The summed E-state index contributed by atoms with van der Waals surface area (Å²) in [4.78, 5) is 18.4. The van der Waals surface area contributed by atoms with Gasteiger partial charge in [-0.1, -0.05) is 37.8 Å². The number of tetrazole rings is 1. The van der Waals surface area contributed by atoms with Crippen LogP contribution in [-0.2, 0) is 13.1 Å². The maximum atomic E-state index is 13.0. The Bertz CT molecular complexity index is 1290. The average molecular weight is 461 g/mol. The number of benzene rings is 1. The predicted octanol–water partition coefficient (Wildman–Crippen LogP) is 5.07. The molecule has 1 aliphatic carbocycles. The number of fused-ring (bicyclic) bond motifs is 1. The van der Waals surface area contributed by atoms with Gasteiger partial charge in [0.2, 0.25) is 0 Å². The average Bonchev–Trinajstić information content (AvgIpc) is 3.60. The van der Waals surface area contributed by atoms with Crippen LogP contribution in [0.2, 0.25) is 0 Å². The van der Waals surface area contributed by atoms with Gasteiger partial charge in [0, 0.05) is 17.6 Å². The number of nitrogens with one attached hydrogen (secondary N) is 1. The van der Waals surface area contributed by atoms with Crippen molar-refractivity contribution in [3.63, 3.8) is 0 Å². The van der Waals surface area contributed by atoms with Crippen molar-refractivity contribution >= 4 is 10.9 Å². The lowest BCUT2D eigenvalue weighted by molar-refractivity contribution is 0.142. The molecule has 1 aliphatic rings. The molecule has 1 aromatic carbocycles. The molecule has 5 rings (SSSR count). The highest BCUT2D eigenvalue weighted by atomic mass is 16.3. The first-order chi connectivity index (χ1) is 16.6. The van der Waals surface area contributed by atoms with Crippen molar-refractivity contribution in [3.05, 3.63) is 75.7 Å². The fourth-order valence-electron chi connectivity index (χ4n) is 5.16. The number of furan rings is 1. The summed E-state index contributed by atoms with van der Waals surface area (Å²) in [6, 6.07) is 12.3. The fraction of sp³-hybridized carbons (Fsp3) is 0.462. The molecule has 8 nitrogen and oxygen atoms in total. The normalized spacial score (nSPS) is 15.5. The molecule has 178 valence electrons. The first-order valence-corrected chi connectivity index (χ1v) is 12.3. The minimum atomic E-state index is -0.0635. The zero-order chi connectivity index (χ0) is 23.5. The molecule has 34 heavy (non-hydrogen) atoms. The number of aromatic amines is 1. The van der Waals surface area contributed by atoms with Gasteiger partial charge in [-0.15, -0.1) is 5.10 Å². The van der Waals surface area contributed by atoms with Gasteiger partial charge < -0.3 is 9.40 Å². The molecule has 0 spiro atoms. The van der Waals surface area contributed by atoms with E-state index in [1.54, 1.807) is 6.26 Å². The van der Waals surface area contributed by atoms with Crippen molar-refractivity contribution in [2.75, 3.05) is 0 Å².